The van der Waals surface area contributed by atoms with Crippen LogP contribution in [0.4, 0.5) is 11.5 Å². The highest BCUT2D eigenvalue weighted by Gasteiger charge is 2.43. The van der Waals surface area contributed by atoms with Crippen LogP contribution in [-0.2, 0) is 16.9 Å². The van der Waals surface area contributed by atoms with Crippen LogP contribution in [0.5, 0.6) is 0 Å². The van der Waals surface area contributed by atoms with Crippen LogP contribution >= 0.6 is 0 Å². The van der Waals surface area contributed by atoms with Crippen molar-refractivity contribution >= 4 is 23.3 Å². The molecule has 6 rings (SSSR count). The van der Waals surface area contributed by atoms with Crippen molar-refractivity contribution in [3.63, 3.8) is 0 Å². The number of carbonyl (C=O) groups is 2. The van der Waals surface area contributed by atoms with Crippen molar-refractivity contribution in [2.45, 2.75) is 32.0 Å². The minimum atomic E-state index is -0.402. The molecule has 9 heteroatoms. The highest BCUT2D eigenvalue weighted by Crippen LogP contribution is 2.44. The van der Waals surface area contributed by atoms with Crippen molar-refractivity contribution < 1.29 is 14.3 Å². The molecule has 3 aliphatic rings. The van der Waals surface area contributed by atoms with Crippen molar-refractivity contribution in [3.05, 3.63) is 88.1 Å². The first-order valence-electron chi connectivity index (χ1n) is 14.1. The molecule has 1 spiro atoms. The van der Waals surface area contributed by atoms with Gasteiger partial charge in [-0.25, -0.2) is 4.98 Å². The van der Waals surface area contributed by atoms with Crippen molar-refractivity contribution in [3.8, 4) is 6.07 Å². The smallest absolute Gasteiger partial charge is 0.257 e. The number of nitrogens with zero attached hydrogens (tertiary/aromatic N) is 5. The summed E-state index contributed by atoms with van der Waals surface area (Å²) in [5.74, 6) is 0.554. The van der Waals surface area contributed by atoms with E-state index in [2.05, 4.69) is 33.2 Å². The van der Waals surface area contributed by atoms with Crippen LogP contribution in [0.3, 0.4) is 0 Å². The molecule has 3 aliphatic heterocycles. The van der Waals surface area contributed by atoms with E-state index < -0.39 is 5.60 Å². The molecular formula is C32H34N6O3. The summed E-state index contributed by atoms with van der Waals surface area (Å²) in [6.07, 6.45) is 3.01. The Morgan fingerprint density at radius 2 is 1.73 bits per heavy atom. The number of nitrogens with one attached hydrogen (secondary N) is 1. The molecule has 1 aromatic heterocycles. The lowest BCUT2D eigenvalue weighted by molar-refractivity contribution is -0.0741. The zero-order chi connectivity index (χ0) is 28.6. The molecule has 0 aliphatic carbocycles. The van der Waals surface area contributed by atoms with Gasteiger partial charge in [0.25, 0.3) is 11.8 Å². The van der Waals surface area contributed by atoms with Crippen molar-refractivity contribution in [2.75, 3.05) is 56.5 Å². The number of likely N-dealkylation sites (tertiary alicyclic amines) is 1. The van der Waals surface area contributed by atoms with Crippen LogP contribution in [0.25, 0.3) is 0 Å². The van der Waals surface area contributed by atoms with Gasteiger partial charge in [-0.05, 0) is 79.9 Å². The number of nitriles is 1. The van der Waals surface area contributed by atoms with E-state index in [1.54, 1.807) is 18.3 Å². The number of hydrogen-bond donors (Lipinski definition) is 1. The number of hydrogen-bond acceptors (Lipinski definition) is 7. The SMILES string of the molecule is Cc1ccc(C(=O)N2CCC3(CC2)OCc2cc(C#N)ccc23)cc1NC(=O)c1ccc(N2CCN(C)CC2)nc1. The Labute approximate surface area is 240 Å². The maximum absolute atomic E-state index is 13.5. The van der Waals surface area contributed by atoms with E-state index in [1.165, 1.54) is 0 Å². The summed E-state index contributed by atoms with van der Waals surface area (Å²) >= 11 is 0. The number of pyridine rings is 1. The molecule has 9 nitrogen and oxygen atoms in total. The van der Waals surface area contributed by atoms with Crippen LogP contribution < -0.4 is 10.2 Å². The van der Waals surface area contributed by atoms with E-state index in [0.29, 0.717) is 54.9 Å². The quantitative estimate of drug-likeness (QED) is 0.525. The number of piperazine rings is 1. The molecule has 3 aromatic rings. The molecule has 4 heterocycles. The first kappa shape index (κ1) is 26.9. The molecule has 2 amide bonds. The molecule has 2 fully saturated rings. The highest BCUT2D eigenvalue weighted by molar-refractivity contribution is 6.05. The maximum atomic E-state index is 13.5. The lowest BCUT2D eigenvalue weighted by atomic mass is 9.83. The summed E-state index contributed by atoms with van der Waals surface area (Å²) < 4.78 is 6.25. The van der Waals surface area contributed by atoms with Gasteiger partial charge >= 0.3 is 0 Å². The average Bonchev–Trinajstić information content (AvgIpc) is 3.35. The molecule has 0 radical (unpaired) electrons. The minimum Gasteiger partial charge on any atom is -0.365 e. The minimum absolute atomic E-state index is 0.0633. The van der Waals surface area contributed by atoms with E-state index >= 15 is 0 Å². The molecule has 0 unspecified atom stereocenters. The second kappa shape index (κ2) is 11.0. The predicted molar refractivity (Wildman–Crippen MR) is 156 cm³/mol. The summed E-state index contributed by atoms with van der Waals surface area (Å²) in [7, 11) is 2.11. The van der Waals surface area contributed by atoms with E-state index in [1.807, 2.05) is 48.2 Å². The van der Waals surface area contributed by atoms with Gasteiger partial charge in [0.05, 0.1) is 29.4 Å². The number of piperidine rings is 1. The third-order valence-corrected chi connectivity index (χ3v) is 8.66. The highest BCUT2D eigenvalue weighted by atomic mass is 16.5. The number of anilines is 2. The molecule has 2 aromatic carbocycles. The lowest BCUT2D eigenvalue weighted by Gasteiger charge is -2.39. The van der Waals surface area contributed by atoms with Gasteiger partial charge in [-0.2, -0.15) is 5.26 Å². The van der Waals surface area contributed by atoms with E-state index in [4.69, 9.17) is 4.74 Å². The van der Waals surface area contributed by atoms with Gasteiger partial charge in [0.2, 0.25) is 0 Å². The summed E-state index contributed by atoms with van der Waals surface area (Å²) in [6, 6.07) is 17.1. The van der Waals surface area contributed by atoms with Gasteiger partial charge < -0.3 is 24.8 Å². The molecule has 210 valence electrons. The van der Waals surface area contributed by atoms with Crippen LogP contribution in [0.15, 0.2) is 54.7 Å². The third kappa shape index (κ3) is 5.29. The molecule has 1 N–H and O–H groups in total. The number of benzene rings is 2. The maximum Gasteiger partial charge on any atom is 0.257 e. The number of rotatable bonds is 4. The number of aromatic nitrogens is 1. The van der Waals surface area contributed by atoms with E-state index in [9.17, 15) is 14.9 Å². The summed E-state index contributed by atoms with van der Waals surface area (Å²) in [6.45, 7) is 7.35. The Kier molecular flexibility index (Phi) is 7.20. The number of aryl methyl sites for hydroxylation is 1. The number of carbonyl (C=O) groups excluding carboxylic acids is 2. The Hall–Kier alpha value is -4.26. The van der Waals surface area contributed by atoms with Gasteiger partial charge in [-0.3, -0.25) is 9.59 Å². The molecule has 0 bridgehead atoms. The Bertz CT molecular complexity index is 1510. The topological polar surface area (TPSA) is 102 Å². The number of amides is 2. The van der Waals surface area contributed by atoms with Crippen molar-refractivity contribution in [2.24, 2.45) is 0 Å². The normalized spacial score (nSPS) is 18.2. The second-order valence-electron chi connectivity index (χ2n) is 11.2. The summed E-state index contributed by atoms with van der Waals surface area (Å²) in [5.41, 5.74) is 4.93. The first-order valence-corrected chi connectivity index (χ1v) is 14.1. The fourth-order valence-corrected chi connectivity index (χ4v) is 6.02. The van der Waals surface area contributed by atoms with Gasteiger partial charge in [0, 0.05) is 56.7 Å². The Morgan fingerprint density at radius 1 is 0.976 bits per heavy atom. The Balaban J connectivity index is 1.10. The number of fused-ring (bicyclic) bond motifs is 2. The van der Waals surface area contributed by atoms with Crippen molar-refractivity contribution in [1.29, 1.82) is 5.26 Å². The van der Waals surface area contributed by atoms with E-state index in [-0.39, 0.29) is 11.8 Å². The van der Waals surface area contributed by atoms with Crippen LogP contribution in [-0.4, -0.2) is 72.9 Å². The second-order valence-corrected chi connectivity index (χ2v) is 11.2. The van der Waals surface area contributed by atoms with Crippen LogP contribution in [0.2, 0.25) is 0 Å². The zero-order valence-electron chi connectivity index (χ0n) is 23.5. The largest absolute Gasteiger partial charge is 0.365 e. The zero-order valence-corrected chi connectivity index (χ0v) is 23.5. The standard InChI is InChI=1S/C32H34N6O3/c1-22-3-5-24(18-28(22)35-30(39)25-6-8-29(34-20-25)37-15-13-36(2)14-16-37)31(40)38-11-9-32(10-12-38)27-7-4-23(19-33)17-26(27)21-41-32/h3-8,17-18,20H,9-16,21H2,1-2H3,(H,35,39). The van der Waals surface area contributed by atoms with Gasteiger partial charge in [0.1, 0.15) is 5.82 Å². The first-order chi connectivity index (χ1) is 19.8. The summed E-state index contributed by atoms with van der Waals surface area (Å²) in [5, 5.41) is 12.2. The molecular weight excluding hydrogens is 516 g/mol. The fourth-order valence-electron chi connectivity index (χ4n) is 6.02. The molecule has 0 saturated carbocycles. The van der Waals surface area contributed by atoms with Crippen molar-refractivity contribution in [1.82, 2.24) is 14.8 Å². The average molecular weight is 551 g/mol. The predicted octanol–water partition coefficient (Wildman–Crippen LogP) is 3.93. The van der Waals surface area contributed by atoms with Crippen LogP contribution in [0, 0.1) is 18.3 Å². The monoisotopic (exact) mass is 550 g/mol. The molecule has 0 atom stereocenters. The van der Waals surface area contributed by atoms with E-state index in [0.717, 1.165) is 48.7 Å². The fraction of sp³-hybridized carbons (Fsp3) is 0.375. The molecule has 41 heavy (non-hydrogen) atoms. The molecule has 2 saturated heterocycles. The summed E-state index contributed by atoms with van der Waals surface area (Å²) in [4.78, 5) is 37.4. The van der Waals surface area contributed by atoms with Gasteiger partial charge in [0.15, 0.2) is 0 Å². The van der Waals surface area contributed by atoms with Crippen LogP contribution in [0.1, 0.15) is 55.8 Å². The Morgan fingerprint density at radius 3 is 2.44 bits per heavy atom. The third-order valence-electron chi connectivity index (χ3n) is 8.66. The number of ether oxygens (including phenoxy) is 1. The van der Waals surface area contributed by atoms with Gasteiger partial charge in [-0.15, -0.1) is 0 Å². The lowest BCUT2D eigenvalue weighted by Crippen LogP contribution is -2.45. The number of likely N-dealkylation sites (N-methyl/N-ethyl adjacent to an activating group) is 1. The van der Waals surface area contributed by atoms with Gasteiger partial charge in [-0.1, -0.05) is 12.1 Å².